The predicted octanol–water partition coefficient (Wildman–Crippen LogP) is 2.14. The minimum absolute atomic E-state index is 0.0211. The molecule has 126 valence electrons. The second kappa shape index (κ2) is 5.95. The first-order chi connectivity index (χ1) is 11.4. The second-order valence-corrected chi connectivity index (χ2v) is 5.29. The van der Waals surface area contributed by atoms with E-state index in [9.17, 15) is 23.5 Å². The molecule has 0 aliphatic carbocycles. The fourth-order valence-corrected chi connectivity index (χ4v) is 2.98. The van der Waals surface area contributed by atoms with Crippen molar-refractivity contribution in [1.82, 2.24) is 5.32 Å². The van der Waals surface area contributed by atoms with Crippen molar-refractivity contribution in [3.8, 4) is 5.75 Å². The number of ether oxygens (including phenoxy) is 2. The minimum atomic E-state index is -3.07. The van der Waals surface area contributed by atoms with E-state index in [0.717, 1.165) is 0 Å². The molecule has 1 aromatic rings. The average Bonchev–Trinajstić information content (AvgIpc) is 2.86. The first kappa shape index (κ1) is 16.0. The molecule has 6 nitrogen and oxygen atoms in total. The van der Waals surface area contributed by atoms with Gasteiger partial charge in [0, 0.05) is 11.3 Å². The van der Waals surface area contributed by atoms with Gasteiger partial charge in [0.25, 0.3) is 0 Å². The molecule has 0 saturated carbocycles. The van der Waals surface area contributed by atoms with Gasteiger partial charge in [-0.15, -0.1) is 0 Å². The summed E-state index contributed by atoms with van der Waals surface area (Å²) in [6.07, 6.45) is 0. The average molecular weight is 337 g/mol. The van der Waals surface area contributed by atoms with Crippen molar-refractivity contribution in [3.63, 3.8) is 0 Å². The van der Waals surface area contributed by atoms with Crippen molar-refractivity contribution in [3.05, 3.63) is 52.4 Å². The van der Waals surface area contributed by atoms with Crippen LogP contribution >= 0.6 is 0 Å². The zero-order valence-electron chi connectivity index (χ0n) is 12.5. The van der Waals surface area contributed by atoms with E-state index < -0.39 is 24.5 Å². The zero-order chi connectivity index (χ0) is 17.4. The van der Waals surface area contributed by atoms with Crippen LogP contribution in [0.5, 0.6) is 5.75 Å². The Bertz CT molecular complexity index is 782. The van der Waals surface area contributed by atoms with Crippen molar-refractivity contribution in [2.75, 3.05) is 6.61 Å². The lowest BCUT2D eigenvalue weighted by atomic mass is 9.80. The fraction of sp³-hybridized carbons (Fsp3) is 0.250. The first-order valence-electron chi connectivity index (χ1n) is 7.05. The number of carboxylic acid groups (broad SMARTS) is 1. The van der Waals surface area contributed by atoms with Crippen LogP contribution in [-0.4, -0.2) is 30.3 Å². The minimum Gasteiger partial charge on any atom is -0.478 e. The molecule has 0 bridgehead atoms. The Morgan fingerprint density at radius 1 is 1.42 bits per heavy atom. The molecule has 0 spiro atoms. The third kappa shape index (κ3) is 2.60. The maximum Gasteiger partial charge on any atom is 0.387 e. The van der Waals surface area contributed by atoms with E-state index in [0.29, 0.717) is 11.4 Å². The van der Waals surface area contributed by atoms with Gasteiger partial charge in [-0.25, -0.2) is 9.59 Å². The number of rotatable bonds is 4. The smallest absolute Gasteiger partial charge is 0.387 e. The molecule has 1 unspecified atom stereocenters. The molecule has 2 heterocycles. The Morgan fingerprint density at radius 3 is 2.79 bits per heavy atom. The number of carboxylic acids is 1. The van der Waals surface area contributed by atoms with Gasteiger partial charge in [0.2, 0.25) is 0 Å². The number of carbonyl (C=O) groups is 2. The van der Waals surface area contributed by atoms with Crippen LogP contribution in [0.3, 0.4) is 0 Å². The molecular formula is C16H13F2NO5. The van der Waals surface area contributed by atoms with Crippen LogP contribution in [0.1, 0.15) is 18.4 Å². The SMILES string of the molecule is CC1=C(C(=O)O)C(c2ccccc2OC(F)F)C2=C(COC2=O)N1. The molecule has 0 fully saturated rings. The Morgan fingerprint density at radius 2 is 2.12 bits per heavy atom. The maximum absolute atomic E-state index is 12.7. The van der Waals surface area contributed by atoms with Crippen molar-refractivity contribution in [2.24, 2.45) is 0 Å². The van der Waals surface area contributed by atoms with E-state index in [2.05, 4.69) is 10.1 Å². The van der Waals surface area contributed by atoms with Gasteiger partial charge >= 0.3 is 18.6 Å². The molecule has 0 saturated heterocycles. The quantitative estimate of drug-likeness (QED) is 0.819. The highest BCUT2D eigenvalue weighted by Gasteiger charge is 2.42. The van der Waals surface area contributed by atoms with Crippen molar-refractivity contribution in [2.45, 2.75) is 19.5 Å². The van der Waals surface area contributed by atoms with Gasteiger partial charge in [-0.05, 0) is 13.0 Å². The number of nitrogens with one attached hydrogen (secondary N) is 1. The fourth-order valence-electron chi connectivity index (χ4n) is 2.98. The molecule has 1 atom stereocenters. The number of halogens is 2. The number of hydrogen-bond acceptors (Lipinski definition) is 5. The molecular weight excluding hydrogens is 324 g/mol. The number of para-hydroxylation sites is 1. The van der Waals surface area contributed by atoms with Crippen LogP contribution in [-0.2, 0) is 14.3 Å². The number of dihydropyridines is 1. The lowest BCUT2D eigenvalue weighted by Gasteiger charge is -2.27. The van der Waals surface area contributed by atoms with E-state index in [1.165, 1.54) is 18.2 Å². The van der Waals surface area contributed by atoms with Crippen LogP contribution in [0.25, 0.3) is 0 Å². The monoisotopic (exact) mass is 337 g/mol. The maximum atomic E-state index is 12.7. The third-order valence-electron chi connectivity index (χ3n) is 3.89. The molecule has 0 aromatic heterocycles. The highest BCUT2D eigenvalue weighted by molar-refractivity contribution is 6.00. The highest BCUT2D eigenvalue weighted by Crippen LogP contribution is 2.44. The summed E-state index contributed by atoms with van der Waals surface area (Å²) in [5, 5.41) is 12.4. The van der Waals surface area contributed by atoms with Crippen molar-refractivity contribution < 1.29 is 33.0 Å². The molecule has 3 rings (SSSR count). The summed E-state index contributed by atoms with van der Waals surface area (Å²) in [6.45, 7) is -1.55. The van der Waals surface area contributed by atoms with Crippen LogP contribution in [0.4, 0.5) is 8.78 Å². The molecule has 2 aliphatic rings. The summed E-state index contributed by atoms with van der Waals surface area (Å²) in [6, 6.07) is 5.81. The van der Waals surface area contributed by atoms with E-state index >= 15 is 0 Å². The van der Waals surface area contributed by atoms with E-state index in [4.69, 9.17) is 4.74 Å². The van der Waals surface area contributed by atoms with Crippen LogP contribution in [0, 0.1) is 0 Å². The molecule has 0 radical (unpaired) electrons. The van der Waals surface area contributed by atoms with E-state index in [-0.39, 0.29) is 29.1 Å². The molecule has 1 aromatic carbocycles. The van der Waals surface area contributed by atoms with Crippen molar-refractivity contribution >= 4 is 11.9 Å². The van der Waals surface area contributed by atoms with Crippen molar-refractivity contribution in [1.29, 1.82) is 0 Å². The summed E-state index contributed by atoms with van der Waals surface area (Å²) >= 11 is 0. The van der Waals surface area contributed by atoms with Gasteiger partial charge in [-0.3, -0.25) is 0 Å². The standard InChI is InChI=1S/C16H13F2NO5/c1-7-11(14(20)21)12(13-9(19-7)6-23-15(13)22)8-4-2-3-5-10(8)24-16(17)18/h2-5,12,16,19H,6H2,1H3,(H,20,21). The lowest BCUT2D eigenvalue weighted by molar-refractivity contribution is -0.136. The normalized spacial score (nSPS) is 20.0. The summed E-state index contributed by atoms with van der Waals surface area (Å²) in [5.41, 5.74) is 0.902. The number of cyclic esters (lactones) is 1. The number of carbonyl (C=O) groups excluding carboxylic acids is 1. The Kier molecular flexibility index (Phi) is 3.96. The van der Waals surface area contributed by atoms with Gasteiger partial charge in [-0.2, -0.15) is 8.78 Å². The number of allylic oxidation sites excluding steroid dienone is 1. The van der Waals surface area contributed by atoms with Gasteiger partial charge < -0.3 is 19.9 Å². The van der Waals surface area contributed by atoms with Gasteiger partial charge in [0.15, 0.2) is 0 Å². The second-order valence-electron chi connectivity index (χ2n) is 5.29. The summed E-state index contributed by atoms with van der Waals surface area (Å²) in [4.78, 5) is 23.8. The predicted molar refractivity (Wildman–Crippen MR) is 77.3 cm³/mol. The highest BCUT2D eigenvalue weighted by atomic mass is 19.3. The molecule has 24 heavy (non-hydrogen) atoms. The van der Waals surface area contributed by atoms with E-state index in [1.54, 1.807) is 13.0 Å². The Hall–Kier alpha value is -2.90. The Balaban J connectivity index is 2.19. The van der Waals surface area contributed by atoms with Crippen LogP contribution in [0.2, 0.25) is 0 Å². The lowest BCUT2D eigenvalue weighted by Crippen LogP contribution is -2.29. The number of hydrogen-bond donors (Lipinski definition) is 2. The first-order valence-corrected chi connectivity index (χ1v) is 7.05. The number of alkyl halides is 2. The van der Waals surface area contributed by atoms with E-state index in [1.807, 2.05) is 0 Å². The topological polar surface area (TPSA) is 84.9 Å². The summed E-state index contributed by atoms with van der Waals surface area (Å²) in [5.74, 6) is -3.18. The van der Waals surface area contributed by atoms with Gasteiger partial charge in [0.1, 0.15) is 12.4 Å². The van der Waals surface area contributed by atoms with Crippen LogP contribution < -0.4 is 10.1 Å². The Labute approximate surface area is 135 Å². The number of aliphatic carboxylic acids is 1. The number of benzene rings is 1. The van der Waals surface area contributed by atoms with Crippen LogP contribution in [0.15, 0.2) is 46.8 Å². The molecule has 8 heteroatoms. The largest absolute Gasteiger partial charge is 0.478 e. The zero-order valence-corrected chi connectivity index (χ0v) is 12.5. The van der Waals surface area contributed by atoms with Gasteiger partial charge in [-0.1, -0.05) is 18.2 Å². The molecule has 2 aliphatic heterocycles. The summed E-state index contributed by atoms with van der Waals surface area (Å²) < 4.78 is 34.8. The summed E-state index contributed by atoms with van der Waals surface area (Å²) in [7, 11) is 0. The number of esters is 1. The van der Waals surface area contributed by atoms with Gasteiger partial charge in [0.05, 0.1) is 22.8 Å². The molecule has 2 N–H and O–H groups in total. The third-order valence-corrected chi connectivity index (χ3v) is 3.89. The molecule has 0 amide bonds.